The van der Waals surface area contributed by atoms with Crippen LogP contribution in [-0.4, -0.2) is 36.5 Å². The minimum Gasteiger partial charge on any atom is -0.494 e. The number of hydrogen-bond acceptors (Lipinski definition) is 3. The SMILES string of the molecule is COc1ccc(C(=O)N2CCCCC2C(C)N)cc1F. The molecule has 1 aromatic carbocycles. The number of piperidine rings is 1. The number of amides is 1. The van der Waals surface area contributed by atoms with Crippen LogP contribution in [0.2, 0.25) is 0 Å². The molecule has 2 rings (SSSR count). The lowest BCUT2D eigenvalue weighted by Gasteiger charge is -2.38. The molecule has 0 saturated carbocycles. The summed E-state index contributed by atoms with van der Waals surface area (Å²) in [6.07, 6.45) is 2.95. The van der Waals surface area contributed by atoms with Gasteiger partial charge in [-0.25, -0.2) is 4.39 Å². The number of nitrogens with two attached hydrogens (primary N) is 1. The molecular formula is C15H21FN2O2. The molecule has 1 saturated heterocycles. The summed E-state index contributed by atoms with van der Waals surface area (Å²) in [6, 6.07) is 4.25. The van der Waals surface area contributed by atoms with Crippen molar-refractivity contribution in [2.75, 3.05) is 13.7 Å². The van der Waals surface area contributed by atoms with Gasteiger partial charge in [0.05, 0.1) is 7.11 Å². The van der Waals surface area contributed by atoms with E-state index in [-0.39, 0.29) is 23.7 Å². The highest BCUT2D eigenvalue weighted by Gasteiger charge is 2.30. The van der Waals surface area contributed by atoms with E-state index in [2.05, 4.69) is 0 Å². The Morgan fingerprint density at radius 1 is 1.50 bits per heavy atom. The van der Waals surface area contributed by atoms with Gasteiger partial charge in [-0.15, -0.1) is 0 Å². The van der Waals surface area contributed by atoms with Gasteiger partial charge in [0.15, 0.2) is 11.6 Å². The molecule has 5 heteroatoms. The fourth-order valence-electron chi connectivity index (χ4n) is 2.72. The number of likely N-dealkylation sites (tertiary alicyclic amines) is 1. The normalized spacial score (nSPS) is 20.6. The molecular weight excluding hydrogens is 259 g/mol. The number of nitrogens with zero attached hydrogens (tertiary/aromatic N) is 1. The minimum atomic E-state index is -0.521. The third kappa shape index (κ3) is 2.93. The van der Waals surface area contributed by atoms with Gasteiger partial charge in [0.1, 0.15) is 0 Å². The lowest BCUT2D eigenvalue weighted by molar-refractivity contribution is 0.0583. The van der Waals surface area contributed by atoms with Gasteiger partial charge in [-0.05, 0) is 44.4 Å². The third-order valence-corrected chi connectivity index (χ3v) is 3.82. The van der Waals surface area contributed by atoms with Gasteiger partial charge in [0.2, 0.25) is 0 Å². The van der Waals surface area contributed by atoms with E-state index in [0.29, 0.717) is 12.1 Å². The Bertz CT molecular complexity index is 491. The number of methoxy groups -OCH3 is 1. The first-order valence-electron chi connectivity index (χ1n) is 6.94. The maximum atomic E-state index is 13.7. The van der Waals surface area contributed by atoms with Crippen molar-refractivity contribution in [3.8, 4) is 5.75 Å². The highest BCUT2D eigenvalue weighted by atomic mass is 19.1. The summed E-state index contributed by atoms with van der Waals surface area (Å²) in [5.74, 6) is -0.537. The van der Waals surface area contributed by atoms with Crippen LogP contribution >= 0.6 is 0 Å². The molecule has 1 aliphatic rings. The number of ether oxygens (including phenoxy) is 1. The summed E-state index contributed by atoms with van der Waals surface area (Å²) in [6.45, 7) is 2.59. The van der Waals surface area contributed by atoms with Crippen LogP contribution in [0, 0.1) is 5.82 Å². The van der Waals surface area contributed by atoms with E-state index >= 15 is 0 Å². The molecule has 1 amide bonds. The van der Waals surface area contributed by atoms with E-state index in [1.807, 2.05) is 6.92 Å². The van der Waals surface area contributed by atoms with E-state index in [9.17, 15) is 9.18 Å². The zero-order chi connectivity index (χ0) is 14.7. The molecule has 0 bridgehead atoms. The number of carbonyl (C=O) groups excluding carboxylic acids is 1. The predicted octanol–water partition coefficient (Wildman–Crippen LogP) is 2.18. The average Bonchev–Trinajstić information content (AvgIpc) is 2.46. The van der Waals surface area contributed by atoms with E-state index in [0.717, 1.165) is 19.3 Å². The zero-order valence-corrected chi connectivity index (χ0v) is 11.9. The molecule has 4 nitrogen and oxygen atoms in total. The quantitative estimate of drug-likeness (QED) is 0.923. The minimum absolute atomic E-state index is 0.0291. The van der Waals surface area contributed by atoms with Crippen molar-refractivity contribution >= 4 is 5.91 Å². The van der Waals surface area contributed by atoms with Gasteiger partial charge < -0.3 is 15.4 Å². The van der Waals surface area contributed by atoms with Crippen LogP contribution in [0.3, 0.4) is 0 Å². The Morgan fingerprint density at radius 2 is 2.25 bits per heavy atom. The van der Waals surface area contributed by atoms with Crippen LogP contribution < -0.4 is 10.5 Å². The van der Waals surface area contributed by atoms with Gasteiger partial charge in [-0.3, -0.25) is 4.79 Å². The van der Waals surface area contributed by atoms with Crippen LogP contribution in [0.25, 0.3) is 0 Å². The fourth-order valence-corrected chi connectivity index (χ4v) is 2.72. The van der Waals surface area contributed by atoms with Gasteiger partial charge in [0, 0.05) is 24.2 Å². The first-order valence-corrected chi connectivity index (χ1v) is 6.94. The van der Waals surface area contributed by atoms with E-state index in [1.165, 1.54) is 19.2 Å². The number of carbonyl (C=O) groups is 1. The van der Waals surface area contributed by atoms with Crippen molar-refractivity contribution in [1.29, 1.82) is 0 Å². The lowest BCUT2D eigenvalue weighted by atomic mass is 9.96. The second-order valence-electron chi connectivity index (χ2n) is 5.27. The van der Waals surface area contributed by atoms with Crippen molar-refractivity contribution in [3.05, 3.63) is 29.6 Å². The molecule has 1 fully saturated rings. The molecule has 110 valence electrons. The van der Waals surface area contributed by atoms with Crippen LogP contribution in [0.1, 0.15) is 36.5 Å². The van der Waals surface area contributed by atoms with Crippen molar-refractivity contribution in [2.45, 2.75) is 38.3 Å². The maximum Gasteiger partial charge on any atom is 0.254 e. The summed E-state index contributed by atoms with van der Waals surface area (Å²) >= 11 is 0. The lowest BCUT2D eigenvalue weighted by Crippen LogP contribution is -2.51. The topological polar surface area (TPSA) is 55.6 Å². The Hall–Kier alpha value is -1.62. The molecule has 2 atom stereocenters. The Kier molecular flexibility index (Phi) is 4.60. The van der Waals surface area contributed by atoms with Gasteiger partial charge >= 0.3 is 0 Å². The van der Waals surface area contributed by atoms with Gasteiger partial charge in [0.25, 0.3) is 5.91 Å². The summed E-state index contributed by atoms with van der Waals surface area (Å²) in [4.78, 5) is 14.3. The molecule has 20 heavy (non-hydrogen) atoms. The van der Waals surface area contributed by atoms with Crippen LogP contribution in [0.5, 0.6) is 5.75 Å². The van der Waals surface area contributed by atoms with Crippen LogP contribution in [-0.2, 0) is 0 Å². The van der Waals surface area contributed by atoms with E-state index < -0.39 is 5.82 Å². The number of benzene rings is 1. The van der Waals surface area contributed by atoms with Gasteiger partial charge in [-0.2, -0.15) is 0 Å². The standard InChI is InChI=1S/C15H21FN2O2/c1-10(17)13-5-3-4-8-18(13)15(19)11-6-7-14(20-2)12(16)9-11/h6-7,9-10,13H,3-5,8,17H2,1-2H3. The molecule has 1 heterocycles. The monoisotopic (exact) mass is 280 g/mol. The van der Waals surface area contributed by atoms with Crippen molar-refractivity contribution in [1.82, 2.24) is 4.90 Å². The van der Waals surface area contributed by atoms with Crippen molar-refractivity contribution in [3.63, 3.8) is 0 Å². The zero-order valence-electron chi connectivity index (χ0n) is 11.9. The Morgan fingerprint density at radius 3 is 2.85 bits per heavy atom. The molecule has 0 spiro atoms. The number of hydrogen-bond donors (Lipinski definition) is 1. The van der Waals surface area contributed by atoms with Crippen LogP contribution in [0.15, 0.2) is 18.2 Å². The Labute approximate surface area is 118 Å². The average molecular weight is 280 g/mol. The number of rotatable bonds is 3. The van der Waals surface area contributed by atoms with E-state index in [1.54, 1.807) is 11.0 Å². The van der Waals surface area contributed by atoms with E-state index in [4.69, 9.17) is 10.5 Å². The molecule has 0 aliphatic carbocycles. The van der Waals surface area contributed by atoms with Crippen molar-refractivity contribution < 1.29 is 13.9 Å². The first-order chi connectivity index (χ1) is 9.54. The fraction of sp³-hybridized carbons (Fsp3) is 0.533. The van der Waals surface area contributed by atoms with Crippen LogP contribution in [0.4, 0.5) is 4.39 Å². The maximum absolute atomic E-state index is 13.7. The second kappa shape index (κ2) is 6.22. The molecule has 1 aromatic rings. The molecule has 0 radical (unpaired) electrons. The summed E-state index contributed by atoms with van der Waals surface area (Å²) in [7, 11) is 1.40. The largest absolute Gasteiger partial charge is 0.494 e. The summed E-state index contributed by atoms with van der Waals surface area (Å²) in [5.41, 5.74) is 6.30. The smallest absolute Gasteiger partial charge is 0.254 e. The third-order valence-electron chi connectivity index (χ3n) is 3.82. The molecule has 2 N–H and O–H groups in total. The van der Waals surface area contributed by atoms with Crippen molar-refractivity contribution in [2.24, 2.45) is 5.73 Å². The predicted molar refractivity (Wildman–Crippen MR) is 75.3 cm³/mol. The molecule has 2 unspecified atom stereocenters. The highest BCUT2D eigenvalue weighted by Crippen LogP contribution is 2.23. The second-order valence-corrected chi connectivity index (χ2v) is 5.27. The number of halogens is 1. The Balaban J connectivity index is 2.23. The first kappa shape index (κ1) is 14.8. The summed E-state index contributed by atoms with van der Waals surface area (Å²) < 4.78 is 18.6. The highest BCUT2D eigenvalue weighted by molar-refractivity contribution is 5.94. The molecule has 0 aromatic heterocycles. The molecule has 1 aliphatic heterocycles. The van der Waals surface area contributed by atoms with Gasteiger partial charge in [-0.1, -0.05) is 0 Å². The summed E-state index contributed by atoms with van der Waals surface area (Å²) in [5, 5.41) is 0.